The van der Waals surface area contributed by atoms with Crippen LogP contribution in [0.25, 0.3) is 22.5 Å². The van der Waals surface area contributed by atoms with Crippen molar-refractivity contribution in [2.45, 2.75) is 31.3 Å². The monoisotopic (exact) mass is 491 g/mol. The molecular weight excluding hydrogens is 473 g/mol. The van der Waals surface area contributed by atoms with Crippen LogP contribution in [-0.4, -0.2) is 52.0 Å². The van der Waals surface area contributed by atoms with E-state index in [0.29, 0.717) is 29.2 Å². The minimum Gasteiger partial charge on any atom is -0.397 e. The quantitative estimate of drug-likeness (QED) is 0.447. The highest BCUT2D eigenvalue weighted by Crippen LogP contribution is 2.44. The van der Waals surface area contributed by atoms with E-state index in [1.807, 2.05) is 11.0 Å². The maximum absolute atomic E-state index is 15.2. The van der Waals surface area contributed by atoms with Gasteiger partial charge in [0.1, 0.15) is 12.2 Å². The van der Waals surface area contributed by atoms with Crippen LogP contribution >= 0.6 is 11.6 Å². The highest BCUT2D eigenvalue weighted by Gasteiger charge is 2.42. The third kappa shape index (κ3) is 3.55. The molecule has 4 aromatic rings. The molecule has 12 heteroatoms. The maximum atomic E-state index is 15.2. The maximum Gasteiger partial charge on any atom is 0.247 e. The first-order valence-corrected chi connectivity index (χ1v) is 11.4. The summed E-state index contributed by atoms with van der Waals surface area (Å²) in [5, 5.41) is 11.1. The van der Waals surface area contributed by atoms with E-state index in [2.05, 4.69) is 30.5 Å². The lowest BCUT2D eigenvalue weighted by Crippen LogP contribution is -2.39. The molecule has 10 nitrogen and oxygen atoms in total. The number of H-pyrrole nitrogens is 1. The second-order valence-electron chi connectivity index (χ2n) is 8.52. The molecule has 2 aliphatic heterocycles. The first-order valence-electron chi connectivity index (χ1n) is 11.0. The van der Waals surface area contributed by atoms with E-state index < -0.39 is 5.82 Å². The minimum absolute atomic E-state index is 0.0320. The summed E-state index contributed by atoms with van der Waals surface area (Å²) in [5.74, 6) is -0.123. The van der Waals surface area contributed by atoms with Gasteiger partial charge in [-0.2, -0.15) is 4.68 Å². The van der Waals surface area contributed by atoms with Gasteiger partial charge in [0.15, 0.2) is 5.82 Å². The topological polar surface area (TPSA) is 132 Å². The number of nitrogens with zero attached hydrogens (tertiary/aromatic N) is 7. The predicted molar refractivity (Wildman–Crippen MR) is 126 cm³/mol. The summed E-state index contributed by atoms with van der Waals surface area (Å²) in [6.45, 7) is 0. The number of halogens is 2. The molecule has 35 heavy (non-hydrogen) atoms. The van der Waals surface area contributed by atoms with Crippen molar-refractivity contribution in [3.8, 4) is 16.9 Å². The van der Waals surface area contributed by atoms with Crippen LogP contribution in [0.1, 0.15) is 36.7 Å². The Bertz CT molecular complexity index is 1470. The molecule has 2 atom stereocenters. The second kappa shape index (κ2) is 8.27. The summed E-state index contributed by atoms with van der Waals surface area (Å²) in [5.41, 5.74) is 9.36. The highest BCUT2D eigenvalue weighted by molar-refractivity contribution is 6.31. The zero-order valence-electron chi connectivity index (χ0n) is 18.3. The van der Waals surface area contributed by atoms with Crippen molar-refractivity contribution in [3.63, 3.8) is 0 Å². The van der Waals surface area contributed by atoms with E-state index in [-0.39, 0.29) is 28.6 Å². The number of hydrogen-bond acceptors (Lipinski definition) is 7. The van der Waals surface area contributed by atoms with Gasteiger partial charge in [-0.25, -0.2) is 9.37 Å². The Morgan fingerprint density at radius 3 is 2.89 bits per heavy atom. The molecule has 0 radical (unpaired) electrons. The summed E-state index contributed by atoms with van der Waals surface area (Å²) >= 11 is 6.10. The molecule has 0 aliphatic carbocycles. The molecule has 1 fully saturated rings. The average Bonchev–Trinajstić information content (AvgIpc) is 3.61. The molecule has 0 bridgehead atoms. The van der Waals surface area contributed by atoms with E-state index in [9.17, 15) is 4.79 Å². The Morgan fingerprint density at radius 1 is 1.20 bits per heavy atom. The number of amides is 1. The number of aromatic amines is 1. The first kappa shape index (κ1) is 21.4. The van der Waals surface area contributed by atoms with Crippen LogP contribution in [0.2, 0.25) is 5.02 Å². The third-order valence-electron chi connectivity index (χ3n) is 6.55. The van der Waals surface area contributed by atoms with Crippen LogP contribution in [0.15, 0.2) is 49.2 Å². The van der Waals surface area contributed by atoms with E-state index in [4.69, 9.17) is 17.3 Å². The van der Waals surface area contributed by atoms with Gasteiger partial charge in [-0.3, -0.25) is 9.78 Å². The standard InChI is InChI=1S/C23H19ClFN9O/c24-15-2-4-18(33-11-29-31-32-33)21(22(15)25)12-7-13-1-3-19(34(13)20(35)8-12)23-28-10-17(30-23)14-5-6-27-9-16(14)26/h2,4-6,8-11,13,19H,1,3,7,26H2,(H,28,30)/t13?,19-/m0/s1. The van der Waals surface area contributed by atoms with Crippen molar-refractivity contribution in [2.75, 3.05) is 5.73 Å². The molecule has 2 aliphatic rings. The molecule has 0 spiro atoms. The lowest BCUT2D eigenvalue weighted by Gasteiger charge is -2.33. The van der Waals surface area contributed by atoms with Crippen molar-refractivity contribution in [3.05, 3.63) is 71.4 Å². The smallest absolute Gasteiger partial charge is 0.247 e. The Balaban J connectivity index is 1.34. The number of aromatic nitrogens is 7. The summed E-state index contributed by atoms with van der Waals surface area (Å²) in [6, 6.07) is 4.58. The second-order valence-corrected chi connectivity index (χ2v) is 8.93. The molecule has 3 N–H and O–H groups in total. The van der Waals surface area contributed by atoms with Crippen LogP contribution in [0, 0.1) is 5.82 Å². The van der Waals surface area contributed by atoms with Crippen molar-refractivity contribution < 1.29 is 9.18 Å². The number of nitrogens with two attached hydrogens (primary N) is 1. The number of anilines is 1. The van der Waals surface area contributed by atoms with Gasteiger partial charge in [-0.05, 0) is 53.5 Å². The first-order chi connectivity index (χ1) is 17.0. The number of pyridine rings is 1. The fraction of sp³-hybridized carbons (Fsp3) is 0.217. The number of tetrazole rings is 1. The molecule has 6 rings (SSSR count). The van der Waals surface area contributed by atoms with Crippen LogP contribution in [0.5, 0.6) is 0 Å². The summed E-state index contributed by atoms with van der Waals surface area (Å²) in [4.78, 5) is 27.0. The summed E-state index contributed by atoms with van der Waals surface area (Å²) in [7, 11) is 0. The molecule has 176 valence electrons. The van der Waals surface area contributed by atoms with Gasteiger partial charge >= 0.3 is 0 Å². The van der Waals surface area contributed by atoms with Gasteiger partial charge in [-0.1, -0.05) is 11.6 Å². The van der Waals surface area contributed by atoms with Crippen molar-refractivity contribution in [1.29, 1.82) is 0 Å². The van der Waals surface area contributed by atoms with Gasteiger partial charge in [0.2, 0.25) is 5.91 Å². The molecule has 0 saturated carbocycles. The Morgan fingerprint density at radius 2 is 2.09 bits per heavy atom. The number of rotatable bonds is 4. The lowest BCUT2D eigenvalue weighted by atomic mass is 9.92. The van der Waals surface area contributed by atoms with Gasteiger partial charge in [0.05, 0.1) is 40.5 Å². The average molecular weight is 492 g/mol. The highest BCUT2D eigenvalue weighted by atomic mass is 35.5. The predicted octanol–water partition coefficient (Wildman–Crippen LogP) is 3.34. The number of nitrogens with one attached hydrogen (secondary N) is 1. The Kier molecular flexibility index (Phi) is 5.06. The van der Waals surface area contributed by atoms with Crippen LogP contribution < -0.4 is 5.73 Å². The zero-order chi connectivity index (χ0) is 24.1. The van der Waals surface area contributed by atoms with E-state index in [0.717, 1.165) is 24.1 Å². The van der Waals surface area contributed by atoms with E-state index >= 15 is 4.39 Å². The van der Waals surface area contributed by atoms with Crippen molar-refractivity contribution >= 4 is 28.8 Å². The minimum atomic E-state index is -0.604. The zero-order valence-corrected chi connectivity index (χ0v) is 19.0. The molecule has 1 unspecified atom stereocenters. The number of benzene rings is 1. The molecule has 3 aromatic heterocycles. The number of nitrogen functional groups attached to an aromatic ring is 1. The van der Waals surface area contributed by atoms with E-state index in [1.54, 1.807) is 24.7 Å². The van der Waals surface area contributed by atoms with Crippen LogP contribution in [0.3, 0.4) is 0 Å². The third-order valence-corrected chi connectivity index (χ3v) is 6.85. The molecule has 5 heterocycles. The van der Waals surface area contributed by atoms with E-state index in [1.165, 1.54) is 23.2 Å². The number of carbonyl (C=O) groups excluding carboxylic acids is 1. The van der Waals surface area contributed by atoms with Gasteiger partial charge in [0, 0.05) is 29.4 Å². The Labute approximate surface area is 203 Å². The van der Waals surface area contributed by atoms with Crippen molar-refractivity contribution in [2.24, 2.45) is 0 Å². The van der Waals surface area contributed by atoms with Crippen molar-refractivity contribution in [1.82, 2.24) is 40.1 Å². The largest absolute Gasteiger partial charge is 0.397 e. The molecular formula is C23H19ClFN9O. The van der Waals surface area contributed by atoms with Gasteiger partial charge in [-0.15, -0.1) is 5.10 Å². The normalized spacial score (nSPS) is 19.7. The number of carbonyl (C=O) groups is 1. The molecule has 1 amide bonds. The number of fused-ring (bicyclic) bond motifs is 1. The van der Waals surface area contributed by atoms with Crippen LogP contribution in [-0.2, 0) is 4.79 Å². The molecule has 1 aromatic carbocycles. The fourth-order valence-corrected chi connectivity index (χ4v) is 5.16. The summed E-state index contributed by atoms with van der Waals surface area (Å²) < 4.78 is 16.6. The van der Waals surface area contributed by atoms with Gasteiger partial charge < -0.3 is 15.6 Å². The molecule has 1 saturated heterocycles. The number of hydrogen-bond donors (Lipinski definition) is 2. The summed E-state index contributed by atoms with van der Waals surface area (Å²) in [6.07, 6.45) is 9.76. The number of imidazole rings is 1. The van der Waals surface area contributed by atoms with Crippen LogP contribution in [0.4, 0.5) is 10.1 Å². The van der Waals surface area contributed by atoms with Gasteiger partial charge in [0.25, 0.3) is 0 Å². The fourth-order valence-electron chi connectivity index (χ4n) is 5.00. The SMILES string of the molecule is Nc1cnccc1-c1cnc([C@@H]2CCC3CC(c4c(-n5cnnn5)ccc(Cl)c4F)=CC(=O)N32)[nH]1. The lowest BCUT2D eigenvalue weighted by molar-refractivity contribution is -0.129. The Hall–Kier alpha value is -4.12.